The summed E-state index contributed by atoms with van der Waals surface area (Å²) in [7, 11) is 0. The maximum Gasteiger partial charge on any atom is 0.0798 e. The number of nitrogens with zero attached hydrogens (tertiary/aromatic N) is 2. The fourth-order valence-electron chi connectivity index (χ4n) is 2.39. The number of hydrogen-bond donors (Lipinski definition) is 1. The second kappa shape index (κ2) is 5.65. The van der Waals surface area contributed by atoms with E-state index in [1.54, 1.807) is 0 Å². The van der Waals surface area contributed by atoms with Crippen molar-refractivity contribution in [2.45, 2.75) is 38.3 Å². The van der Waals surface area contributed by atoms with Crippen LogP contribution in [0.25, 0.3) is 0 Å². The van der Waals surface area contributed by atoms with Crippen molar-refractivity contribution in [1.82, 2.24) is 15.2 Å². The lowest BCUT2D eigenvalue weighted by Gasteiger charge is -2.33. The smallest absolute Gasteiger partial charge is 0.0798 e. The first kappa shape index (κ1) is 13.3. The minimum atomic E-state index is 0. The van der Waals surface area contributed by atoms with E-state index in [4.69, 9.17) is 0 Å². The number of nitrogens with one attached hydrogen (secondary N) is 1. The summed E-state index contributed by atoms with van der Waals surface area (Å²) in [6, 6.07) is 0.655. The van der Waals surface area contributed by atoms with Gasteiger partial charge in [-0.3, -0.25) is 4.90 Å². The Morgan fingerprint density at radius 1 is 1.53 bits per heavy atom. The first-order chi connectivity index (χ1) is 7.84. The molecule has 2 fully saturated rings. The van der Waals surface area contributed by atoms with Crippen LogP contribution in [0.2, 0.25) is 0 Å². The molecule has 1 aliphatic carbocycles. The van der Waals surface area contributed by atoms with Gasteiger partial charge in [0.05, 0.1) is 11.2 Å². The van der Waals surface area contributed by atoms with Crippen LogP contribution in [-0.2, 0) is 6.54 Å². The minimum absolute atomic E-state index is 0. The van der Waals surface area contributed by atoms with Crippen molar-refractivity contribution in [3.05, 3.63) is 16.1 Å². The minimum Gasteiger partial charge on any atom is -0.314 e. The van der Waals surface area contributed by atoms with E-state index in [0.717, 1.165) is 25.6 Å². The summed E-state index contributed by atoms with van der Waals surface area (Å²) in [5, 5.41) is 3.44. The lowest BCUT2D eigenvalue weighted by molar-refractivity contribution is 0.166. The highest BCUT2D eigenvalue weighted by molar-refractivity contribution is 7.09. The molecule has 1 atom stereocenters. The quantitative estimate of drug-likeness (QED) is 0.916. The van der Waals surface area contributed by atoms with E-state index in [1.807, 2.05) is 16.8 Å². The van der Waals surface area contributed by atoms with Crippen LogP contribution in [0, 0.1) is 0 Å². The van der Waals surface area contributed by atoms with Gasteiger partial charge in [0.15, 0.2) is 0 Å². The maximum absolute atomic E-state index is 4.54. The van der Waals surface area contributed by atoms with Gasteiger partial charge in [0.1, 0.15) is 0 Å². The van der Waals surface area contributed by atoms with Crippen LogP contribution in [0.4, 0.5) is 0 Å². The molecule has 5 heteroatoms. The molecular formula is C12H20ClN3S. The number of thiazole rings is 1. The summed E-state index contributed by atoms with van der Waals surface area (Å²) in [4.78, 5) is 8.63. The Morgan fingerprint density at radius 3 is 3.06 bits per heavy atom. The molecule has 0 radical (unpaired) electrons. The van der Waals surface area contributed by atoms with Gasteiger partial charge >= 0.3 is 0 Å². The molecule has 1 saturated heterocycles. The van der Waals surface area contributed by atoms with Gasteiger partial charge in [-0.15, -0.1) is 23.7 Å². The second-order valence-corrected chi connectivity index (χ2v) is 5.90. The van der Waals surface area contributed by atoms with Crippen molar-refractivity contribution in [2.75, 3.05) is 19.6 Å². The topological polar surface area (TPSA) is 28.2 Å². The predicted octanol–water partition coefficient (Wildman–Crippen LogP) is 2.24. The summed E-state index contributed by atoms with van der Waals surface area (Å²) in [6.07, 6.45) is 2.71. The number of rotatable bonds is 3. The Bertz CT molecular complexity index is 364. The van der Waals surface area contributed by atoms with Gasteiger partial charge in [-0.2, -0.15) is 0 Å². The molecule has 3 nitrogen and oxygen atoms in total. The van der Waals surface area contributed by atoms with Crippen molar-refractivity contribution in [3.8, 4) is 0 Å². The molecule has 0 amide bonds. The van der Waals surface area contributed by atoms with E-state index in [0.29, 0.717) is 6.04 Å². The molecule has 0 spiro atoms. The van der Waals surface area contributed by atoms with Crippen molar-refractivity contribution in [1.29, 1.82) is 0 Å². The van der Waals surface area contributed by atoms with Crippen LogP contribution in [0.15, 0.2) is 5.51 Å². The lowest BCUT2D eigenvalue weighted by atomic mass is 10.2. The van der Waals surface area contributed by atoms with Crippen molar-refractivity contribution in [3.63, 3.8) is 0 Å². The largest absolute Gasteiger partial charge is 0.314 e. The van der Waals surface area contributed by atoms with Crippen LogP contribution >= 0.6 is 23.7 Å². The summed E-state index contributed by atoms with van der Waals surface area (Å²) in [5.74, 6) is 0.791. The lowest BCUT2D eigenvalue weighted by Crippen LogP contribution is -2.49. The highest BCUT2D eigenvalue weighted by atomic mass is 35.5. The van der Waals surface area contributed by atoms with Crippen molar-refractivity contribution >= 4 is 23.7 Å². The zero-order valence-corrected chi connectivity index (χ0v) is 11.8. The molecule has 2 heterocycles. The summed E-state index contributed by atoms with van der Waals surface area (Å²) >= 11 is 1.84. The van der Waals surface area contributed by atoms with Gasteiger partial charge < -0.3 is 5.32 Å². The second-order valence-electron chi connectivity index (χ2n) is 4.96. The fraction of sp³-hybridized carbons (Fsp3) is 0.750. The molecule has 1 N–H and O–H groups in total. The number of halogens is 1. The Balaban J connectivity index is 0.00000108. The van der Waals surface area contributed by atoms with Crippen LogP contribution < -0.4 is 5.32 Å². The number of aromatic nitrogens is 1. The predicted molar refractivity (Wildman–Crippen MR) is 74.1 cm³/mol. The standard InChI is InChI=1S/C12H19N3S.ClH/c1-9-6-13-4-5-15(9)7-11-12(10-2-3-10)14-8-16-11;/h8-10,13H,2-7H2,1H3;1H/t9-;/m1./s1. The summed E-state index contributed by atoms with van der Waals surface area (Å²) in [5.41, 5.74) is 3.42. The molecule has 17 heavy (non-hydrogen) atoms. The maximum atomic E-state index is 4.54. The van der Waals surface area contributed by atoms with Gasteiger partial charge in [-0.1, -0.05) is 0 Å². The molecule has 0 unspecified atom stereocenters. The molecule has 2 aliphatic rings. The molecule has 0 aromatic carbocycles. The van der Waals surface area contributed by atoms with Crippen molar-refractivity contribution in [2.24, 2.45) is 0 Å². The van der Waals surface area contributed by atoms with Crippen LogP contribution in [-0.4, -0.2) is 35.6 Å². The molecule has 0 bridgehead atoms. The Morgan fingerprint density at radius 2 is 2.35 bits per heavy atom. The number of hydrogen-bond acceptors (Lipinski definition) is 4. The van der Waals surface area contributed by atoms with Gasteiger partial charge in [0.2, 0.25) is 0 Å². The average molecular weight is 274 g/mol. The fourth-order valence-corrected chi connectivity index (χ4v) is 3.26. The Labute approximate surface area is 113 Å². The summed E-state index contributed by atoms with van der Waals surface area (Å²) < 4.78 is 0. The highest BCUT2D eigenvalue weighted by Gasteiger charge is 2.29. The van der Waals surface area contributed by atoms with E-state index < -0.39 is 0 Å². The van der Waals surface area contributed by atoms with E-state index in [2.05, 4.69) is 22.1 Å². The molecular weight excluding hydrogens is 254 g/mol. The van der Waals surface area contributed by atoms with Crippen LogP contribution in [0.3, 0.4) is 0 Å². The van der Waals surface area contributed by atoms with Gasteiger partial charge in [0, 0.05) is 43.0 Å². The summed E-state index contributed by atoms with van der Waals surface area (Å²) in [6.45, 7) is 6.84. The van der Waals surface area contributed by atoms with E-state index >= 15 is 0 Å². The third kappa shape index (κ3) is 2.99. The van der Waals surface area contributed by atoms with Crippen LogP contribution in [0.1, 0.15) is 36.3 Å². The molecule has 1 aliphatic heterocycles. The van der Waals surface area contributed by atoms with Gasteiger partial charge in [-0.25, -0.2) is 4.98 Å². The SMILES string of the molecule is C[C@@H]1CNCCN1Cc1scnc1C1CC1.Cl. The van der Waals surface area contributed by atoms with E-state index in [-0.39, 0.29) is 12.4 Å². The average Bonchev–Trinajstić information content (AvgIpc) is 3.03. The van der Waals surface area contributed by atoms with E-state index in [9.17, 15) is 0 Å². The third-order valence-electron chi connectivity index (χ3n) is 3.62. The zero-order valence-electron chi connectivity index (χ0n) is 10.2. The van der Waals surface area contributed by atoms with Crippen molar-refractivity contribution < 1.29 is 0 Å². The molecule has 96 valence electrons. The monoisotopic (exact) mass is 273 g/mol. The number of piperazine rings is 1. The van der Waals surface area contributed by atoms with Gasteiger partial charge in [-0.05, 0) is 19.8 Å². The molecule has 1 saturated carbocycles. The molecule has 1 aromatic heterocycles. The normalized spacial score (nSPS) is 25.6. The van der Waals surface area contributed by atoms with Gasteiger partial charge in [0.25, 0.3) is 0 Å². The van der Waals surface area contributed by atoms with E-state index in [1.165, 1.54) is 30.0 Å². The molecule has 3 rings (SSSR count). The Hall–Kier alpha value is -0.160. The first-order valence-electron chi connectivity index (χ1n) is 6.21. The zero-order chi connectivity index (χ0) is 11.0. The highest BCUT2D eigenvalue weighted by Crippen LogP contribution is 2.42. The molecule has 1 aromatic rings. The Kier molecular flexibility index (Phi) is 4.42. The third-order valence-corrected chi connectivity index (χ3v) is 4.46. The first-order valence-corrected chi connectivity index (χ1v) is 7.09. The van der Waals surface area contributed by atoms with Crippen LogP contribution in [0.5, 0.6) is 0 Å².